The van der Waals surface area contributed by atoms with E-state index in [1.165, 1.54) is 12.0 Å². The van der Waals surface area contributed by atoms with Crippen molar-refractivity contribution in [3.8, 4) is 0 Å². The third kappa shape index (κ3) is 3.98. The van der Waals surface area contributed by atoms with Crippen LogP contribution in [0.5, 0.6) is 0 Å². The molecule has 3 N–H and O–H groups in total. The maximum Gasteiger partial charge on any atom is 0.254 e. The number of benzene rings is 1. The first-order chi connectivity index (χ1) is 17.4. The normalized spacial score (nSPS) is 17.1. The molecule has 8 nitrogen and oxygen atoms in total. The molecular formula is C28H29N7O. The molecule has 4 heterocycles. The summed E-state index contributed by atoms with van der Waals surface area (Å²) in [7, 11) is 0. The van der Waals surface area contributed by atoms with Crippen LogP contribution < -0.4 is 11.1 Å². The first kappa shape index (κ1) is 22.3. The molecule has 0 radical (unpaired) electrons. The van der Waals surface area contributed by atoms with Crippen LogP contribution in [0, 0.1) is 19.8 Å². The zero-order valence-electron chi connectivity index (χ0n) is 20.7. The highest BCUT2D eigenvalue weighted by atomic mass is 16.1. The van der Waals surface area contributed by atoms with Gasteiger partial charge in [0.05, 0.1) is 24.0 Å². The van der Waals surface area contributed by atoms with E-state index >= 15 is 0 Å². The Morgan fingerprint density at radius 2 is 2.00 bits per heavy atom. The largest absolute Gasteiger partial charge is 0.383 e. The van der Waals surface area contributed by atoms with Gasteiger partial charge in [-0.15, -0.1) is 0 Å². The first-order valence-corrected chi connectivity index (χ1v) is 12.3. The van der Waals surface area contributed by atoms with Crippen molar-refractivity contribution < 1.29 is 4.79 Å². The molecule has 0 spiro atoms. The monoisotopic (exact) mass is 479 g/mol. The lowest BCUT2D eigenvalue weighted by Gasteiger charge is -2.14. The second kappa shape index (κ2) is 8.48. The summed E-state index contributed by atoms with van der Waals surface area (Å²) in [6.07, 6.45) is 10.6. The topological polar surface area (TPSA) is 103 Å². The second-order valence-corrected chi connectivity index (χ2v) is 9.98. The van der Waals surface area contributed by atoms with Crippen molar-refractivity contribution in [2.45, 2.75) is 46.2 Å². The summed E-state index contributed by atoms with van der Waals surface area (Å²) in [6.45, 7) is 7.30. The number of fused-ring (bicyclic) bond motifs is 2. The second-order valence-electron chi connectivity index (χ2n) is 9.98. The molecular weight excluding hydrogens is 450 g/mol. The minimum Gasteiger partial charge on any atom is -0.383 e. The maximum atomic E-state index is 12.9. The van der Waals surface area contributed by atoms with Gasteiger partial charge >= 0.3 is 0 Å². The van der Waals surface area contributed by atoms with E-state index in [9.17, 15) is 4.79 Å². The molecule has 2 unspecified atom stereocenters. The summed E-state index contributed by atoms with van der Waals surface area (Å²) in [5, 5.41) is 9.43. The number of nitrogens with one attached hydrogen (secondary N) is 1. The predicted octanol–water partition coefficient (Wildman–Crippen LogP) is 4.38. The van der Waals surface area contributed by atoms with E-state index < -0.39 is 0 Å². The molecule has 1 amide bonds. The van der Waals surface area contributed by atoms with Gasteiger partial charge in [0.1, 0.15) is 11.5 Å². The Bertz CT molecular complexity index is 1630. The summed E-state index contributed by atoms with van der Waals surface area (Å²) in [6, 6.07) is 8.25. The standard InChI is InChI=1S/C28H29N7O/c1-16-8-23(16)19-4-5-26-33-21(14-34(26)12-19)15-35-13-20(10-32-35)28(36)31-11-25-17(2)9-24-22(18(25)3)6-7-30-27(24)29/h4-7,9-10,12-14,16,23H,8,11,15H2,1-3H3,(H2,29,30)(H,31,36). The van der Waals surface area contributed by atoms with Gasteiger partial charge in [-0.1, -0.05) is 13.0 Å². The lowest BCUT2D eigenvalue weighted by molar-refractivity contribution is 0.0950. The Morgan fingerprint density at radius 1 is 1.17 bits per heavy atom. The predicted molar refractivity (Wildman–Crippen MR) is 140 cm³/mol. The van der Waals surface area contributed by atoms with Gasteiger partial charge < -0.3 is 15.5 Å². The zero-order valence-corrected chi connectivity index (χ0v) is 20.7. The van der Waals surface area contributed by atoms with Gasteiger partial charge in [-0.05, 0) is 77.9 Å². The zero-order chi connectivity index (χ0) is 25.0. The lowest BCUT2D eigenvalue weighted by atomic mass is 9.96. The molecule has 1 aliphatic rings. The van der Waals surface area contributed by atoms with Crippen LogP contribution in [0.15, 0.2) is 55.2 Å². The fourth-order valence-corrected chi connectivity index (χ4v) is 5.15. The van der Waals surface area contributed by atoms with Crippen LogP contribution in [0.4, 0.5) is 5.82 Å². The van der Waals surface area contributed by atoms with Gasteiger partial charge in [0.25, 0.3) is 5.91 Å². The minimum atomic E-state index is -0.160. The van der Waals surface area contributed by atoms with Crippen LogP contribution in [-0.4, -0.2) is 30.1 Å². The third-order valence-corrected chi connectivity index (χ3v) is 7.42. The van der Waals surface area contributed by atoms with Gasteiger partial charge in [0, 0.05) is 36.7 Å². The Kier molecular flexibility index (Phi) is 5.25. The average molecular weight is 480 g/mol. The number of imidazole rings is 1. The van der Waals surface area contributed by atoms with Gasteiger partial charge in [-0.3, -0.25) is 9.48 Å². The number of nitrogens with zero attached hydrogens (tertiary/aromatic N) is 5. The first-order valence-electron chi connectivity index (χ1n) is 12.3. The number of nitrogen functional groups attached to an aromatic ring is 1. The third-order valence-electron chi connectivity index (χ3n) is 7.42. The van der Waals surface area contributed by atoms with Crippen LogP contribution in [0.25, 0.3) is 16.4 Å². The van der Waals surface area contributed by atoms with Crippen LogP contribution in [0.1, 0.15) is 57.6 Å². The molecule has 1 aliphatic carbocycles. The maximum absolute atomic E-state index is 12.9. The molecule has 8 heteroatoms. The number of hydrogen-bond acceptors (Lipinski definition) is 5. The quantitative estimate of drug-likeness (QED) is 0.376. The summed E-state index contributed by atoms with van der Waals surface area (Å²) < 4.78 is 3.84. The van der Waals surface area contributed by atoms with Crippen LogP contribution in [0.3, 0.4) is 0 Å². The molecule has 1 saturated carbocycles. The summed E-state index contributed by atoms with van der Waals surface area (Å²) >= 11 is 0. The van der Waals surface area contributed by atoms with E-state index in [4.69, 9.17) is 10.7 Å². The molecule has 0 bridgehead atoms. The number of pyridine rings is 2. The number of aryl methyl sites for hydroxylation is 2. The van der Waals surface area contributed by atoms with Crippen molar-refractivity contribution >= 4 is 28.1 Å². The highest BCUT2D eigenvalue weighted by Gasteiger charge is 2.34. The SMILES string of the molecule is Cc1cc2c(N)nccc2c(C)c1CNC(=O)c1cnn(Cc2cn3cc(C4CC4C)ccc3n2)c1. The number of hydrogen-bond donors (Lipinski definition) is 2. The molecule has 4 aromatic heterocycles. The average Bonchev–Trinajstić information content (AvgIpc) is 3.23. The Morgan fingerprint density at radius 3 is 2.81 bits per heavy atom. The molecule has 0 aliphatic heterocycles. The van der Waals surface area contributed by atoms with E-state index in [1.54, 1.807) is 23.3 Å². The number of carbonyl (C=O) groups excluding carboxylic acids is 1. The fourth-order valence-electron chi connectivity index (χ4n) is 5.15. The molecule has 2 atom stereocenters. The summed E-state index contributed by atoms with van der Waals surface area (Å²) in [5.74, 6) is 1.80. The smallest absolute Gasteiger partial charge is 0.254 e. The number of anilines is 1. The molecule has 1 aromatic carbocycles. The van der Waals surface area contributed by atoms with Crippen LogP contribution in [0.2, 0.25) is 0 Å². The van der Waals surface area contributed by atoms with Crippen molar-refractivity contribution in [3.05, 3.63) is 88.8 Å². The van der Waals surface area contributed by atoms with E-state index in [0.717, 1.165) is 44.7 Å². The Hall–Kier alpha value is -4.20. The highest BCUT2D eigenvalue weighted by molar-refractivity contribution is 5.95. The molecule has 6 rings (SSSR count). The lowest BCUT2D eigenvalue weighted by Crippen LogP contribution is -2.23. The Labute approximate surface area is 209 Å². The molecule has 36 heavy (non-hydrogen) atoms. The van der Waals surface area contributed by atoms with Crippen molar-refractivity contribution in [2.75, 3.05) is 5.73 Å². The van der Waals surface area contributed by atoms with Gasteiger partial charge in [0.15, 0.2) is 0 Å². The van der Waals surface area contributed by atoms with Gasteiger partial charge in [-0.2, -0.15) is 5.10 Å². The number of carbonyl (C=O) groups is 1. The summed E-state index contributed by atoms with van der Waals surface area (Å²) in [5.41, 5.74) is 13.0. The van der Waals surface area contributed by atoms with Gasteiger partial charge in [0.2, 0.25) is 0 Å². The van der Waals surface area contributed by atoms with Crippen molar-refractivity contribution in [3.63, 3.8) is 0 Å². The van der Waals surface area contributed by atoms with E-state index in [1.807, 2.05) is 25.3 Å². The van der Waals surface area contributed by atoms with Crippen molar-refractivity contribution in [1.29, 1.82) is 0 Å². The molecule has 1 fully saturated rings. The number of nitrogens with two attached hydrogens (primary N) is 1. The van der Waals surface area contributed by atoms with E-state index in [0.29, 0.717) is 30.4 Å². The van der Waals surface area contributed by atoms with Crippen molar-refractivity contribution in [1.82, 2.24) is 29.5 Å². The molecule has 5 aromatic rings. The van der Waals surface area contributed by atoms with E-state index in [2.05, 4.69) is 52.0 Å². The number of amides is 1. The molecule has 182 valence electrons. The van der Waals surface area contributed by atoms with Gasteiger partial charge in [-0.25, -0.2) is 9.97 Å². The number of rotatable bonds is 6. The van der Waals surface area contributed by atoms with Crippen molar-refractivity contribution in [2.24, 2.45) is 5.92 Å². The minimum absolute atomic E-state index is 0.160. The van der Waals surface area contributed by atoms with Crippen LogP contribution in [-0.2, 0) is 13.1 Å². The number of aromatic nitrogens is 5. The highest BCUT2D eigenvalue weighted by Crippen LogP contribution is 2.46. The molecule has 0 saturated heterocycles. The Balaban J connectivity index is 1.15. The van der Waals surface area contributed by atoms with E-state index in [-0.39, 0.29) is 5.91 Å². The van der Waals surface area contributed by atoms with Crippen LogP contribution >= 0.6 is 0 Å². The summed E-state index contributed by atoms with van der Waals surface area (Å²) in [4.78, 5) is 21.8. The fraction of sp³-hybridized carbons (Fsp3) is 0.286.